The molecule has 0 saturated carbocycles. The van der Waals surface area contributed by atoms with E-state index in [-0.39, 0.29) is 16.3 Å². The second-order valence-corrected chi connectivity index (χ2v) is 6.85. The molecule has 0 amide bonds. The number of nitrogens with zero attached hydrogens (tertiary/aromatic N) is 1. The molecular formula is C16H16FNO5S. The number of halogens is 1. The topological polar surface area (TPSA) is 83.9 Å². The zero-order chi connectivity index (χ0) is 17.9. The normalized spacial score (nSPS) is 11.1. The highest BCUT2D eigenvalue weighted by Crippen LogP contribution is 2.28. The maximum Gasteiger partial charge on any atom is 0.324 e. The van der Waals surface area contributed by atoms with Crippen LogP contribution in [-0.4, -0.2) is 33.1 Å². The fourth-order valence-corrected chi connectivity index (χ4v) is 3.69. The molecule has 0 spiro atoms. The summed E-state index contributed by atoms with van der Waals surface area (Å²) in [4.78, 5) is 10.8. The maximum atomic E-state index is 13.9. The van der Waals surface area contributed by atoms with Crippen LogP contribution in [0, 0.1) is 12.7 Å². The molecule has 1 N–H and O–H groups in total. The first-order valence-corrected chi connectivity index (χ1v) is 8.35. The molecular weight excluding hydrogens is 337 g/mol. The molecule has 0 saturated heterocycles. The highest BCUT2D eigenvalue weighted by atomic mass is 32.2. The van der Waals surface area contributed by atoms with Crippen LogP contribution in [0.2, 0.25) is 0 Å². The molecule has 6 nitrogen and oxygen atoms in total. The summed E-state index contributed by atoms with van der Waals surface area (Å²) in [5.41, 5.74) is 0.799. The van der Waals surface area contributed by atoms with E-state index in [0.717, 1.165) is 10.4 Å². The van der Waals surface area contributed by atoms with E-state index in [2.05, 4.69) is 0 Å². The highest BCUT2D eigenvalue weighted by Gasteiger charge is 2.28. The lowest BCUT2D eigenvalue weighted by Gasteiger charge is -2.24. The van der Waals surface area contributed by atoms with Crippen molar-refractivity contribution in [3.8, 4) is 5.75 Å². The fraction of sp³-hybridized carbons (Fsp3) is 0.188. The van der Waals surface area contributed by atoms with E-state index in [9.17, 15) is 17.6 Å². The first-order chi connectivity index (χ1) is 11.3. The molecule has 0 unspecified atom stereocenters. The molecule has 0 fully saturated rings. The van der Waals surface area contributed by atoms with Crippen molar-refractivity contribution in [2.24, 2.45) is 0 Å². The van der Waals surface area contributed by atoms with Gasteiger partial charge in [0.25, 0.3) is 10.0 Å². The van der Waals surface area contributed by atoms with E-state index in [1.807, 2.05) is 0 Å². The summed E-state index contributed by atoms with van der Waals surface area (Å²) < 4.78 is 45.0. The molecule has 0 aliphatic heterocycles. The van der Waals surface area contributed by atoms with Gasteiger partial charge in [0.15, 0.2) is 11.6 Å². The van der Waals surface area contributed by atoms with Gasteiger partial charge >= 0.3 is 5.97 Å². The van der Waals surface area contributed by atoms with Crippen molar-refractivity contribution in [3.05, 3.63) is 53.8 Å². The van der Waals surface area contributed by atoms with Crippen molar-refractivity contribution < 1.29 is 27.4 Å². The van der Waals surface area contributed by atoms with Crippen LogP contribution in [0.3, 0.4) is 0 Å². The van der Waals surface area contributed by atoms with E-state index in [1.165, 1.54) is 25.3 Å². The number of hydrogen-bond donors (Lipinski definition) is 1. The summed E-state index contributed by atoms with van der Waals surface area (Å²) in [6.45, 7) is 0.884. The average molecular weight is 353 g/mol. The number of ether oxygens (including phenoxy) is 1. The third-order valence-electron chi connectivity index (χ3n) is 3.37. The highest BCUT2D eigenvalue weighted by molar-refractivity contribution is 7.92. The number of rotatable bonds is 6. The first-order valence-electron chi connectivity index (χ1n) is 6.91. The Bertz CT molecular complexity index is 867. The van der Waals surface area contributed by atoms with E-state index < -0.39 is 28.4 Å². The number of carboxylic acid groups (broad SMARTS) is 1. The third-order valence-corrected chi connectivity index (χ3v) is 5.13. The predicted octanol–water partition coefficient (Wildman–Crippen LogP) is 2.42. The Labute approximate surface area is 139 Å². The van der Waals surface area contributed by atoms with Gasteiger partial charge in [-0.3, -0.25) is 9.10 Å². The number of aliphatic carboxylic acids is 1. The lowest BCUT2D eigenvalue weighted by molar-refractivity contribution is -0.135. The molecule has 0 aliphatic carbocycles. The minimum absolute atomic E-state index is 0.102. The summed E-state index contributed by atoms with van der Waals surface area (Å²) in [5, 5.41) is 9.08. The summed E-state index contributed by atoms with van der Waals surface area (Å²) in [7, 11) is -3.00. The number of anilines is 1. The lowest BCUT2D eigenvalue weighted by Crippen LogP contribution is -2.36. The van der Waals surface area contributed by atoms with Crippen molar-refractivity contribution in [2.45, 2.75) is 11.8 Å². The lowest BCUT2D eigenvalue weighted by atomic mass is 10.2. The van der Waals surface area contributed by atoms with Crippen LogP contribution in [0.15, 0.2) is 47.4 Å². The number of carbonyl (C=O) groups is 1. The van der Waals surface area contributed by atoms with Gasteiger partial charge in [0, 0.05) is 0 Å². The predicted molar refractivity (Wildman–Crippen MR) is 86.3 cm³/mol. The van der Waals surface area contributed by atoms with Gasteiger partial charge in [-0.05, 0) is 36.8 Å². The number of para-hydroxylation sites is 1. The van der Waals surface area contributed by atoms with Crippen molar-refractivity contribution in [1.29, 1.82) is 0 Å². The number of sulfonamides is 1. The van der Waals surface area contributed by atoms with Gasteiger partial charge in [-0.2, -0.15) is 0 Å². The number of benzene rings is 2. The summed E-state index contributed by atoms with van der Waals surface area (Å²) in [6.07, 6.45) is 0. The van der Waals surface area contributed by atoms with Gasteiger partial charge in [0.1, 0.15) is 6.54 Å². The van der Waals surface area contributed by atoms with Crippen molar-refractivity contribution in [2.75, 3.05) is 18.0 Å². The molecule has 2 rings (SSSR count). The Morgan fingerprint density at radius 2 is 1.92 bits per heavy atom. The third kappa shape index (κ3) is 3.48. The van der Waals surface area contributed by atoms with Crippen LogP contribution in [0.4, 0.5) is 10.1 Å². The van der Waals surface area contributed by atoms with E-state index in [1.54, 1.807) is 25.1 Å². The van der Waals surface area contributed by atoms with E-state index in [4.69, 9.17) is 9.84 Å². The Morgan fingerprint density at radius 3 is 2.46 bits per heavy atom. The molecule has 0 aromatic heterocycles. The SMILES string of the molecule is COc1ccc(S(=O)(=O)N(CC(=O)O)c2ccccc2C)cc1F. The van der Waals surface area contributed by atoms with E-state index >= 15 is 0 Å². The first kappa shape index (κ1) is 17.7. The second kappa shape index (κ2) is 6.88. The minimum atomic E-state index is -4.26. The molecule has 24 heavy (non-hydrogen) atoms. The van der Waals surface area contributed by atoms with Crippen LogP contribution in [0.1, 0.15) is 5.56 Å². The summed E-state index contributed by atoms with van der Waals surface area (Å²) in [6, 6.07) is 9.62. The zero-order valence-electron chi connectivity index (χ0n) is 13.1. The number of methoxy groups -OCH3 is 1. The quantitative estimate of drug-likeness (QED) is 0.862. The molecule has 0 atom stereocenters. The molecule has 0 bridgehead atoms. The average Bonchev–Trinajstić information content (AvgIpc) is 2.53. The number of aryl methyl sites for hydroxylation is 1. The van der Waals surface area contributed by atoms with Gasteiger partial charge in [0.05, 0.1) is 17.7 Å². The smallest absolute Gasteiger partial charge is 0.324 e. The van der Waals surface area contributed by atoms with Crippen molar-refractivity contribution in [3.63, 3.8) is 0 Å². The standard InChI is InChI=1S/C16H16FNO5S/c1-11-5-3-4-6-14(11)18(10-16(19)20)24(21,22)12-7-8-15(23-2)13(17)9-12/h3-9H,10H2,1-2H3,(H,19,20). The molecule has 0 aliphatic rings. The van der Waals surface area contributed by atoms with Gasteiger partial charge in [0.2, 0.25) is 0 Å². The minimum Gasteiger partial charge on any atom is -0.494 e. The molecule has 2 aromatic carbocycles. The molecule has 0 heterocycles. The van der Waals surface area contributed by atoms with Crippen molar-refractivity contribution >= 4 is 21.7 Å². The Morgan fingerprint density at radius 1 is 1.25 bits per heavy atom. The number of hydrogen-bond acceptors (Lipinski definition) is 4. The molecule has 2 aromatic rings. The van der Waals surface area contributed by atoms with Gasteiger partial charge in [-0.1, -0.05) is 18.2 Å². The largest absolute Gasteiger partial charge is 0.494 e. The molecule has 8 heteroatoms. The van der Waals surface area contributed by atoms with Crippen LogP contribution in [-0.2, 0) is 14.8 Å². The Balaban J connectivity index is 2.58. The van der Waals surface area contributed by atoms with E-state index in [0.29, 0.717) is 5.56 Å². The zero-order valence-corrected chi connectivity index (χ0v) is 13.9. The summed E-state index contributed by atoms with van der Waals surface area (Å²) in [5.74, 6) is -2.27. The molecule has 0 radical (unpaired) electrons. The maximum absolute atomic E-state index is 13.9. The van der Waals surface area contributed by atoms with Crippen LogP contribution in [0.25, 0.3) is 0 Å². The Kier molecular flexibility index (Phi) is 5.08. The van der Waals surface area contributed by atoms with Crippen LogP contribution in [0.5, 0.6) is 5.75 Å². The van der Waals surface area contributed by atoms with Crippen molar-refractivity contribution in [1.82, 2.24) is 0 Å². The monoisotopic (exact) mass is 353 g/mol. The van der Waals surface area contributed by atoms with Gasteiger partial charge in [-0.15, -0.1) is 0 Å². The van der Waals surface area contributed by atoms with Crippen LogP contribution < -0.4 is 9.04 Å². The van der Waals surface area contributed by atoms with Crippen LogP contribution >= 0.6 is 0 Å². The number of carboxylic acids is 1. The fourth-order valence-electron chi connectivity index (χ4n) is 2.20. The second-order valence-electron chi connectivity index (χ2n) is 4.99. The molecule has 128 valence electrons. The summed E-state index contributed by atoms with van der Waals surface area (Å²) >= 11 is 0. The van der Waals surface area contributed by atoms with Gasteiger partial charge < -0.3 is 9.84 Å². The Hall–Kier alpha value is -2.61. The van der Waals surface area contributed by atoms with Gasteiger partial charge in [-0.25, -0.2) is 12.8 Å².